The zero-order chi connectivity index (χ0) is 23.3. The number of ether oxygens (including phenoxy) is 1. The standard InChI is InChI=1S/C21H35N5O5S/c1-4-26-9-7-14-15(11-26)32-20(17(14)19(29)25-21(30)31-5-2)24-18(28)13-6-8-22-16(10-13)23-12(3)27/h13-17,20,22H,4-11H2,1-3H3,(H,23,27)(H,24,28)(H,25,29,30). The number of piperidine rings is 2. The van der Waals surface area contributed by atoms with Crippen molar-refractivity contribution < 1.29 is 23.9 Å². The number of nitrogens with one attached hydrogen (secondary N) is 4. The Labute approximate surface area is 193 Å². The number of alkyl carbamates (subject to hydrolysis) is 1. The fraction of sp³-hybridized carbons (Fsp3) is 0.810. The van der Waals surface area contributed by atoms with Crippen LogP contribution in [-0.4, -0.2) is 78.3 Å². The van der Waals surface area contributed by atoms with Gasteiger partial charge in [0.25, 0.3) is 0 Å². The van der Waals surface area contributed by atoms with Crippen LogP contribution in [0.5, 0.6) is 0 Å². The average Bonchev–Trinajstić information content (AvgIpc) is 3.10. The lowest BCUT2D eigenvalue weighted by Gasteiger charge is -2.35. The number of thioether (sulfide) groups is 1. The van der Waals surface area contributed by atoms with Gasteiger partial charge in [-0.1, -0.05) is 6.92 Å². The minimum absolute atomic E-state index is 0.0858. The highest BCUT2D eigenvalue weighted by Crippen LogP contribution is 2.46. The van der Waals surface area contributed by atoms with Gasteiger partial charge in [0.05, 0.1) is 24.1 Å². The normalized spacial score (nSPS) is 32.5. The molecule has 0 aliphatic carbocycles. The second-order valence-corrected chi connectivity index (χ2v) is 10.00. The Morgan fingerprint density at radius 1 is 1.12 bits per heavy atom. The van der Waals surface area contributed by atoms with E-state index in [2.05, 4.69) is 33.1 Å². The van der Waals surface area contributed by atoms with E-state index in [9.17, 15) is 19.2 Å². The van der Waals surface area contributed by atoms with E-state index in [1.54, 1.807) is 18.7 Å². The molecule has 3 rings (SSSR count). The summed E-state index contributed by atoms with van der Waals surface area (Å²) in [6.45, 7) is 8.77. The Morgan fingerprint density at radius 2 is 1.91 bits per heavy atom. The number of carbonyl (C=O) groups excluding carboxylic acids is 4. The number of hydrogen-bond acceptors (Lipinski definition) is 8. The molecule has 0 aromatic heterocycles. The van der Waals surface area contributed by atoms with E-state index in [0.717, 1.165) is 26.1 Å². The first-order valence-electron chi connectivity index (χ1n) is 11.5. The molecule has 6 unspecified atom stereocenters. The highest BCUT2D eigenvalue weighted by atomic mass is 32.2. The number of amides is 4. The van der Waals surface area contributed by atoms with Gasteiger partial charge < -0.3 is 20.3 Å². The van der Waals surface area contributed by atoms with Crippen molar-refractivity contribution in [3.8, 4) is 0 Å². The Hall–Kier alpha value is -1.85. The summed E-state index contributed by atoms with van der Waals surface area (Å²) >= 11 is 1.62. The van der Waals surface area contributed by atoms with Gasteiger partial charge in [-0.25, -0.2) is 4.79 Å². The lowest BCUT2D eigenvalue weighted by atomic mass is 9.83. The van der Waals surface area contributed by atoms with Crippen molar-refractivity contribution in [1.82, 2.24) is 26.2 Å². The minimum atomic E-state index is -0.751. The number of imide groups is 1. The van der Waals surface area contributed by atoms with Crippen LogP contribution in [0.3, 0.4) is 0 Å². The van der Waals surface area contributed by atoms with Gasteiger partial charge in [-0.15, -0.1) is 11.8 Å². The summed E-state index contributed by atoms with van der Waals surface area (Å²) in [6, 6.07) is 0. The maximum atomic E-state index is 13.1. The van der Waals surface area contributed by atoms with E-state index in [4.69, 9.17) is 4.74 Å². The summed E-state index contributed by atoms with van der Waals surface area (Å²) in [6.07, 6.45) is 1.01. The molecule has 3 aliphatic heterocycles. The first kappa shape index (κ1) is 24.8. The van der Waals surface area contributed by atoms with E-state index in [0.29, 0.717) is 19.4 Å². The van der Waals surface area contributed by atoms with Crippen molar-refractivity contribution in [1.29, 1.82) is 0 Å². The van der Waals surface area contributed by atoms with Crippen LogP contribution in [0.1, 0.15) is 40.0 Å². The van der Waals surface area contributed by atoms with Crippen LogP contribution in [0.15, 0.2) is 0 Å². The Balaban J connectivity index is 1.69. The summed E-state index contributed by atoms with van der Waals surface area (Å²) in [5, 5.41) is 11.3. The molecule has 0 aromatic carbocycles. The quantitative estimate of drug-likeness (QED) is 0.435. The molecule has 180 valence electrons. The summed E-state index contributed by atoms with van der Waals surface area (Å²) in [5.41, 5.74) is 0. The maximum absolute atomic E-state index is 13.1. The van der Waals surface area contributed by atoms with Gasteiger partial charge in [0.2, 0.25) is 17.7 Å². The molecule has 3 saturated heterocycles. The summed E-state index contributed by atoms with van der Waals surface area (Å²) < 4.78 is 4.88. The molecule has 0 bridgehead atoms. The summed E-state index contributed by atoms with van der Waals surface area (Å²) in [7, 11) is 0. The number of likely N-dealkylation sites (tertiary alicyclic amines) is 1. The number of hydrogen-bond donors (Lipinski definition) is 4. The van der Waals surface area contributed by atoms with Crippen molar-refractivity contribution >= 4 is 35.6 Å². The average molecular weight is 470 g/mol. The first-order chi connectivity index (χ1) is 15.3. The molecule has 3 heterocycles. The van der Waals surface area contributed by atoms with E-state index < -0.39 is 17.4 Å². The molecule has 32 heavy (non-hydrogen) atoms. The number of rotatable bonds is 6. The monoisotopic (exact) mass is 469 g/mol. The van der Waals surface area contributed by atoms with Crippen LogP contribution >= 0.6 is 11.8 Å². The largest absolute Gasteiger partial charge is 0.450 e. The Morgan fingerprint density at radius 3 is 2.59 bits per heavy atom. The predicted molar refractivity (Wildman–Crippen MR) is 121 cm³/mol. The van der Waals surface area contributed by atoms with Crippen molar-refractivity contribution in [2.24, 2.45) is 17.8 Å². The second-order valence-electron chi connectivity index (χ2n) is 8.61. The van der Waals surface area contributed by atoms with E-state index >= 15 is 0 Å². The lowest BCUT2D eigenvalue weighted by molar-refractivity contribution is -0.130. The third kappa shape index (κ3) is 6.14. The third-order valence-electron chi connectivity index (χ3n) is 6.49. The molecule has 0 saturated carbocycles. The Bertz CT molecular complexity index is 723. The molecule has 0 radical (unpaired) electrons. The zero-order valence-electron chi connectivity index (χ0n) is 19.0. The molecular formula is C21H35N5O5S. The molecule has 4 amide bonds. The summed E-state index contributed by atoms with van der Waals surface area (Å²) in [4.78, 5) is 51.7. The van der Waals surface area contributed by atoms with Gasteiger partial charge >= 0.3 is 6.09 Å². The van der Waals surface area contributed by atoms with Crippen molar-refractivity contribution in [2.75, 3.05) is 32.8 Å². The highest BCUT2D eigenvalue weighted by Gasteiger charge is 2.50. The predicted octanol–water partition coefficient (Wildman–Crippen LogP) is 0.237. The fourth-order valence-electron chi connectivity index (χ4n) is 4.91. The highest BCUT2D eigenvalue weighted by molar-refractivity contribution is 8.00. The van der Waals surface area contributed by atoms with Gasteiger partial charge in [0.1, 0.15) is 0 Å². The molecule has 4 N–H and O–H groups in total. The lowest BCUT2D eigenvalue weighted by Crippen LogP contribution is -2.53. The molecule has 6 atom stereocenters. The molecular weight excluding hydrogens is 434 g/mol. The van der Waals surface area contributed by atoms with E-state index in [-0.39, 0.29) is 47.6 Å². The third-order valence-corrected chi connectivity index (χ3v) is 8.04. The van der Waals surface area contributed by atoms with Crippen LogP contribution in [-0.2, 0) is 19.1 Å². The molecule has 0 aromatic rings. The SMILES string of the molecule is CCOC(=O)NC(=O)C1C(NC(=O)C2CCNC(NC(C)=O)C2)SC2CN(CC)CCC21. The number of nitrogens with zero attached hydrogens (tertiary/aromatic N) is 1. The zero-order valence-corrected chi connectivity index (χ0v) is 19.8. The van der Waals surface area contributed by atoms with Crippen LogP contribution in [0.2, 0.25) is 0 Å². The van der Waals surface area contributed by atoms with Gasteiger partial charge in [-0.05, 0) is 51.7 Å². The van der Waals surface area contributed by atoms with Crippen molar-refractivity contribution in [3.63, 3.8) is 0 Å². The minimum Gasteiger partial charge on any atom is -0.450 e. The van der Waals surface area contributed by atoms with E-state index in [1.807, 2.05) is 0 Å². The number of fused-ring (bicyclic) bond motifs is 1. The second kappa shape index (κ2) is 11.3. The fourth-order valence-corrected chi connectivity index (χ4v) is 6.77. The maximum Gasteiger partial charge on any atom is 0.413 e. The smallest absolute Gasteiger partial charge is 0.413 e. The summed E-state index contributed by atoms with van der Waals surface area (Å²) in [5.74, 6) is -1.31. The van der Waals surface area contributed by atoms with Crippen molar-refractivity contribution in [2.45, 2.75) is 56.8 Å². The molecule has 11 heteroatoms. The van der Waals surface area contributed by atoms with Gasteiger partial charge in [-0.2, -0.15) is 0 Å². The van der Waals surface area contributed by atoms with Gasteiger partial charge in [0, 0.05) is 24.6 Å². The van der Waals surface area contributed by atoms with Crippen LogP contribution in [0, 0.1) is 17.8 Å². The van der Waals surface area contributed by atoms with Crippen LogP contribution < -0.4 is 21.3 Å². The van der Waals surface area contributed by atoms with Crippen molar-refractivity contribution in [3.05, 3.63) is 0 Å². The molecule has 3 fully saturated rings. The van der Waals surface area contributed by atoms with Gasteiger partial charge in [0.15, 0.2) is 0 Å². The van der Waals surface area contributed by atoms with E-state index in [1.165, 1.54) is 6.92 Å². The topological polar surface area (TPSA) is 129 Å². The van der Waals surface area contributed by atoms with Crippen LogP contribution in [0.25, 0.3) is 0 Å². The number of carbonyl (C=O) groups is 4. The first-order valence-corrected chi connectivity index (χ1v) is 12.4. The van der Waals surface area contributed by atoms with Crippen LogP contribution in [0.4, 0.5) is 4.79 Å². The molecule has 3 aliphatic rings. The molecule has 10 nitrogen and oxygen atoms in total. The van der Waals surface area contributed by atoms with Gasteiger partial charge in [-0.3, -0.25) is 25.0 Å². The Kier molecular flexibility index (Phi) is 8.78. The molecule has 0 spiro atoms.